The van der Waals surface area contributed by atoms with Gasteiger partial charge in [-0.15, -0.1) is 13.2 Å². The fourth-order valence-corrected chi connectivity index (χ4v) is 4.88. The number of hydrogen-bond acceptors (Lipinski definition) is 4. The van der Waals surface area contributed by atoms with Gasteiger partial charge < -0.3 is 9.64 Å². The van der Waals surface area contributed by atoms with Crippen molar-refractivity contribution in [2.45, 2.75) is 24.1 Å². The number of para-hydroxylation sites is 1. The molecule has 1 aliphatic rings. The predicted molar refractivity (Wildman–Crippen MR) is 104 cm³/mol. The van der Waals surface area contributed by atoms with Gasteiger partial charge in [0.05, 0.1) is 4.90 Å². The van der Waals surface area contributed by atoms with Crippen molar-refractivity contribution >= 4 is 21.6 Å². The first-order valence-corrected chi connectivity index (χ1v) is 10.7. The van der Waals surface area contributed by atoms with Crippen molar-refractivity contribution < 1.29 is 31.1 Å². The molecule has 162 valence electrons. The van der Waals surface area contributed by atoms with Crippen LogP contribution in [0.5, 0.6) is 5.75 Å². The van der Waals surface area contributed by atoms with Crippen molar-refractivity contribution in [3.63, 3.8) is 0 Å². The van der Waals surface area contributed by atoms with Gasteiger partial charge in [0.1, 0.15) is 5.75 Å². The Kier molecular flexibility index (Phi) is 6.37. The molecule has 1 amide bonds. The van der Waals surface area contributed by atoms with Gasteiger partial charge in [-0.25, -0.2) is 8.42 Å². The molecule has 2 aromatic carbocycles. The molecule has 6 nitrogen and oxygen atoms in total. The van der Waals surface area contributed by atoms with Gasteiger partial charge in [0, 0.05) is 37.8 Å². The van der Waals surface area contributed by atoms with Gasteiger partial charge in [0.2, 0.25) is 15.9 Å². The third kappa shape index (κ3) is 5.11. The third-order valence-corrected chi connectivity index (χ3v) is 6.85. The normalized spacial score (nSPS) is 16.3. The Hall–Kier alpha value is -2.59. The Morgan fingerprint density at radius 3 is 2.30 bits per heavy atom. The molecule has 0 atom stereocenters. The number of rotatable bonds is 5. The maximum atomic E-state index is 12.8. The molecule has 0 radical (unpaired) electrons. The smallest absolute Gasteiger partial charge is 0.406 e. The van der Waals surface area contributed by atoms with Crippen LogP contribution in [0.15, 0.2) is 59.5 Å². The van der Waals surface area contributed by atoms with E-state index in [4.69, 9.17) is 0 Å². The minimum atomic E-state index is -4.91. The van der Waals surface area contributed by atoms with Crippen molar-refractivity contribution in [3.8, 4) is 5.75 Å². The summed E-state index contributed by atoms with van der Waals surface area (Å²) in [5.74, 6) is -1.03. The number of halogens is 3. The van der Waals surface area contributed by atoms with Gasteiger partial charge in [-0.2, -0.15) is 4.31 Å². The van der Waals surface area contributed by atoms with Crippen molar-refractivity contribution in [2.24, 2.45) is 5.92 Å². The van der Waals surface area contributed by atoms with E-state index < -0.39 is 22.1 Å². The molecule has 1 heterocycles. The summed E-state index contributed by atoms with van der Waals surface area (Å²) in [4.78, 5) is 14.0. The number of ether oxygens (including phenoxy) is 1. The summed E-state index contributed by atoms with van der Waals surface area (Å²) in [6, 6.07) is 13.4. The molecule has 1 aliphatic heterocycles. The summed E-state index contributed by atoms with van der Waals surface area (Å²) in [7, 11) is -2.33. The molecule has 0 N–H and O–H groups in total. The second kappa shape index (κ2) is 8.65. The molecule has 0 saturated carbocycles. The molecule has 1 saturated heterocycles. The van der Waals surface area contributed by atoms with Gasteiger partial charge in [-0.1, -0.05) is 24.3 Å². The quantitative estimate of drug-likeness (QED) is 0.709. The molecule has 0 spiro atoms. The van der Waals surface area contributed by atoms with Gasteiger partial charge >= 0.3 is 6.36 Å². The first-order chi connectivity index (χ1) is 14.1. The Morgan fingerprint density at radius 1 is 1.07 bits per heavy atom. The largest absolute Gasteiger partial charge is 0.573 e. The molecule has 3 rings (SSSR count). The van der Waals surface area contributed by atoms with Crippen LogP contribution in [0.4, 0.5) is 18.9 Å². The third-order valence-electron chi connectivity index (χ3n) is 4.95. The van der Waals surface area contributed by atoms with E-state index in [1.165, 1.54) is 16.4 Å². The van der Waals surface area contributed by atoms with E-state index in [2.05, 4.69) is 4.74 Å². The molecule has 0 aromatic heterocycles. The average molecular weight is 442 g/mol. The van der Waals surface area contributed by atoms with Gasteiger partial charge in [0.15, 0.2) is 0 Å². The molecular formula is C20H21F3N2O4S. The molecule has 2 aromatic rings. The summed E-state index contributed by atoms with van der Waals surface area (Å²) in [5, 5.41) is 0. The highest BCUT2D eigenvalue weighted by molar-refractivity contribution is 7.89. The Morgan fingerprint density at radius 2 is 1.70 bits per heavy atom. The first-order valence-electron chi connectivity index (χ1n) is 9.26. The number of sulfonamides is 1. The number of nitrogens with zero attached hydrogens (tertiary/aromatic N) is 2. The fraction of sp³-hybridized carbons (Fsp3) is 0.350. The molecule has 0 bridgehead atoms. The minimum absolute atomic E-state index is 0.0983. The van der Waals surface area contributed by atoms with Gasteiger partial charge in [-0.3, -0.25) is 4.79 Å². The summed E-state index contributed by atoms with van der Waals surface area (Å²) in [6.07, 6.45) is -4.26. The Bertz CT molecular complexity index is 989. The molecule has 0 aliphatic carbocycles. The number of benzene rings is 2. The summed E-state index contributed by atoms with van der Waals surface area (Å²) < 4.78 is 67.9. The fourth-order valence-electron chi connectivity index (χ4n) is 3.38. The van der Waals surface area contributed by atoms with Crippen LogP contribution >= 0.6 is 0 Å². The first kappa shape index (κ1) is 22.1. The van der Waals surface area contributed by atoms with E-state index >= 15 is 0 Å². The van der Waals surface area contributed by atoms with E-state index in [0.717, 1.165) is 17.8 Å². The van der Waals surface area contributed by atoms with Crippen LogP contribution in [0, 0.1) is 5.92 Å². The lowest BCUT2D eigenvalue weighted by atomic mass is 9.96. The minimum Gasteiger partial charge on any atom is -0.406 e. The van der Waals surface area contributed by atoms with Crippen molar-refractivity contribution in [2.75, 3.05) is 25.0 Å². The zero-order valence-corrected chi connectivity index (χ0v) is 17.0. The van der Waals surface area contributed by atoms with E-state index in [1.807, 2.05) is 30.3 Å². The van der Waals surface area contributed by atoms with Crippen LogP contribution < -0.4 is 9.64 Å². The van der Waals surface area contributed by atoms with Crippen LogP contribution in [0.3, 0.4) is 0 Å². The molecule has 30 heavy (non-hydrogen) atoms. The van der Waals surface area contributed by atoms with Crippen LogP contribution in [-0.4, -0.2) is 45.1 Å². The predicted octanol–water partition coefficient (Wildman–Crippen LogP) is 3.65. The number of amides is 1. The number of anilines is 1. The molecule has 0 unspecified atom stereocenters. The molecular weight excluding hydrogens is 421 g/mol. The van der Waals surface area contributed by atoms with Crippen LogP contribution in [0.1, 0.15) is 12.8 Å². The highest BCUT2D eigenvalue weighted by Crippen LogP contribution is 2.29. The van der Waals surface area contributed by atoms with E-state index in [1.54, 1.807) is 11.9 Å². The summed E-state index contributed by atoms with van der Waals surface area (Å²) >= 11 is 0. The zero-order chi connectivity index (χ0) is 21.9. The van der Waals surface area contributed by atoms with E-state index in [-0.39, 0.29) is 29.8 Å². The SMILES string of the molecule is CN(C(=O)C1CCN(S(=O)(=O)c2cccc(OC(F)(F)F)c2)CC1)c1ccccc1. The maximum Gasteiger partial charge on any atom is 0.573 e. The highest BCUT2D eigenvalue weighted by Gasteiger charge is 2.35. The highest BCUT2D eigenvalue weighted by atomic mass is 32.2. The number of alkyl halides is 3. The monoisotopic (exact) mass is 442 g/mol. The second-order valence-electron chi connectivity index (χ2n) is 6.93. The Labute approximate surface area is 172 Å². The number of hydrogen-bond donors (Lipinski definition) is 0. The van der Waals surface area contributed by atoms with Crippen molar-refractivity contribution in [1.29, 1.82) is 0 Å². The number of carbonyl (C=O) groups excluding carboxylic acids is 1. The maximum absolute atomic E-state index is 12.8. The van der Waals surface area contributed by atoms with Crippen LogP contribution in [0.2, 0.25) is 0 Å². The molecule has 1 fully saturated rings. The van der Waals surface area contributed by atoms with Gasteiger partial charge in [-0.05, 0) is 37.1 Å². The summed E-state index contributed by atoms with van der Waals surface area (Å²) in [5.41, 5.74) is 0.749. The lowest BCUT2D eigenvalue weighted by Gasteiger charge is -2.32. The van der Waals surface area contributed by atoms with Gasteiger partial charge in [0.25, 0.3) is 0 Å². The summed E-state index contributed by atoms with van der Waals surface area (Å²) in [6.45, 7) is 0.206. The van der Waals surface area contributed by atoms with E-state index in [0.29, 0.717) is 12.8 Å². The number of carbonyl (C=O) groups is 1. The second-order valence-corrected chi connectivity index (χ2v) is 8.87. The topological polar surface area (TPSA) is 66.9 Å². The van der Waals surface area contributed by atoms with Crippen molar-refractivity contribution in [3.05, 3.63) is 54.6 Å². The zero-order valence-electron chi connectivity index (χ0n) is 16.2. The lowest BCUT2D eigenvalue weighted by Crippen LogP contribution is -2.43. The Balaban J connectivity index is 1.67. The van der Waals surface area contributed by atoms with Crippen LogP contribution in [-0.2, 0) is 14.8 Å². The molecule has 10 heteroatoms. The average Bonchev–Trinajstić information content (AvgIpc) is 2.72. The van der Waals surface area contributed by atoms with Crippen molar-refractivity contribution in [1.82, 2.24) is 4.31 Å². The standard InChI is InChI=1S/C20H21F3N2O4S/c1-24(16-6-3-2-4-7-16)19(26)15-10-12-25(13-11-15)30(27,28)18-9-5-8-17(14-18)29-20(21,22)23/h2-9,14-15H,10-13H2,1H3. The van der Waals surface area contributed by atoms with Crippen LogP contribution in [0.25, 0.3) is 0 Å². The van der Waals surface area contributed by atoms with E-state index in [9.17, 15) is 26.4 Å². The number of piperidine rings is 1. The lowest BCUT2D eigenvalue weighted by molar-refractivity contribution is -0.274.